The van der Waals surface area contributed by atoms with E-state index >= 15 is 0 Å². The molecule has 0 N–H and O–H groups in total. The van der Waals surface area contributed by atoms with Gasteiger partial charge in [0.15, 0.2) is 0 Å². The molecule has 1 aliphatic heterocycles. The Labute approximate surface area is 90.0 Å². The first kappa shape index (κ1) is 10.4. The number of nitrogens with zero attached hydrogens (tertiary/aromatic N) is 4. The zero-order chi connectivity index (χ0) is 10.8. The van der Waals surface area contributed by atoms with Gasteiger partial charge in [-0.25, -0.2) is 4.68 Å². The largest absolute Gasteiger partial charge is 0.378 e. The minimum absolute atomic E-state index is 0.351. The second kappa shape index (κ2) is 4.18. The van der Waals surface area contributed by atoms with Crippen molar-refractivity contribution >= 4 is 5.95 Å². The summed E-state index contributed by atoms with van der Waals surface area (Å²) in [5, 5.41) is 4.41. The Morgan fingerprint density at radius 3 is 2.53 bits per heavy atom. The van der Waals surface area contributed by atoms with Crippen LogP contribution in [-0.4, -0.2) is 41.1 Å². The summed E-state index contributed by atoms with van der Waals surface area (Å²) in [6, 6.07) is 0.351. The van der Waals surface area contributed by atoms with Gasteiger partial charge in [0.05, 0.1) is 19.3 Å². The van der Waals surface area contributed by atoms with Crippen LogP contribution in [0.2, 0.25) is 0 Å². The van der Waals surface area contributed by atoms with Gasteiger partial charge >= 0.3 is 0 Å². The third-order valence-electron chi connectivity index (χ3n) is 2.50. The van der Waals surface area contributed by atoms with E-state index in [0.717, 1.165) is 38.1 Å². The molecule has 5 nitrogen and oxygen atoms in total. The summed E-state index contributed by atoms with van der Waals surface area (Å²) in [6.07, 6.45) is 0. The van der Waals surface area contributed by atoms with Crippen molar-refractivity contribution in [1.29, 1.82) is 0 Å². The van der Waals surface area contributed by atoms with Crippen molar-refractivity contribution in [1.82, 2.24) is 14.8 Å². The molecule has 0 saturated carbocycles. The first-order valence-corrected chi connectivity index (χ1v) is 5.44. The number of ether oxygens (including phenoxy) is 1. The molecule has 0 aromatic carbocycles. The van der Waals surface area contributed by atoms with Crippen molar-refractivity contribution in [3.05, 3.63) is 5.82 Å². The molecule has 1 aliphatic rings. The highest BCUT2D eigenvalue weighted by atomic mass is 16.5. The Bertz CT molecular complexity index is 328. The van der Waals surface area contributed by atoms with Crippen LogP contribution in [0.4, 0.5) is 5.95 Å². The Morgan fingerprint density at radius 1 is 1.27 bits per heavy atom. The smallest absolute Gasteiger partial charge is 0.224 e. The number of hydrogen-bond donors (Lipinski definition) is 0. The standard InChI is InChI=1S/C10H18N4O/c1-8(2)14-10(11-9(3)12-14)13-4-6-15-7-5-13/h8H,4-7H2,1-3H3. The molecule has 0 radical (unpaired) electrons. The molecule has 1 fully saturated rings. The van der Waals surface area contributed by atoms with Gasteiger partial charge in [-0.05, 0) is 20.8 Å². The van der Waals surface area contributed by atoms with Gasteiger partial charge in [0, 0.05) is 13.1 Å². The minimum atomic E-state index is 0.351. The number of hydrogen-bond acceptors (Lipinski definition) is 4. The van der Waals surface area contributed by atoms with Crippen LogP contribution in [0, 0.1) is 6.92 Å². The van der Waals surface area contributed by atoms with Crippen LogP contribution in [0.15, 0.2) is 0 Å². The first-order valence-electron chi connectivity index (χ1n) is 5.44. The minimum Gasteiger partial charge on any atom is -0.378 e. The fourth-order valence-corrected chi connectivity index (χ4v) is 1.74. The fraction of sp³-hybridized carbons (Fsp3) is 0.800. The summed E-state index contributed by atoms with van der Waals surface area (Å²) in [7, 11) is 0. The molecule has 2 rings (SSSR count). The number of aromatic nitrogens is 3. The molecule has 0 amide bonds. The molecule has 15 heavy (non-hydrogen) atoms. The van der Waals surface area contributed by atoms with Crippen molar-refractivity contribution in [2.75, 3.05) is 31.2 Å². The summed E-state index contributed by atoms with van der Waals surface area (Å²) in [5.74, 6) is 1.82. The summed E-state index contributed by atoms with van der Waals surface area (Å²) < 4.78 is 7.32. The van der Waals surface area contributed by atoms with E-state index in [2.05, 4.69) is 28.8 Å². The molecule has 0 aliphatic carbocycles. The number of anilines is 1. The van der Waals surface area contributed by atoms with E-state index in [9.17, 15) is 0 Å². The second-order valence-electron chi connectivity index (χ2n) is 4.10. The predicted molar refractivity (Wildman–Crippen MR) is 58.2 cm³/mol. The maximum Gasteiger partial charge on any atom is 0.224 e. The highest BCUT2D eigenvalue weighted by Crippen LogP contribution is 2.17. The molecule has 0 atom stereocenters. The lowest BCUT2D eigenvalue weighted by Crippen LogP contribution is -2.38. The molecule has 1 aromatic heterocycles. The quantitative estimate of drug-likeness (QED) is 0.730. The van der Waals surface area contributed by atoms with Gasteiger partial charge in [-0.2, -0.15) is 10.1 Å². The molecule has 5 heteroatoms. The van der Waals surface area contributed by atoms with Gasteiger partial charge < -0.3 is 9.64 Å². The molecule has 84 valence electrons. The van der Waals surface area contributed by atoms with Crippen molar-refractivity contribution < 1.29 is 4.74 Å². The third-order valence-corrected chi connectivity index (χ3v) is 2.50. The number of morpholine rings is 1. The Hall–Kier alpha value is -1.10. The molecular weight excluding hydrogens is 192 g/mol. The molecule has 2 heterocycles. The monoisotopic (exact) mass is 210 g/mol. The SMILES string of the molecule is Cc1nc(N2CCOCC2)n(C(C)C)n1. The van der Waals surface area contributed by atoms with Crippen LogP contribution >= 0.6 is 0 Å². The molecule has 0 bridgehead atoms. The van der Waals surface area contributed by atoms with E-state index < -0.39 is 0 Å². The van der Waals surface area contributed by atoms with Crippen molar-refractivity contribution in [3.8, 4) is 0 Å². The molecule has 1 aromatic rings. The molecule has 0 unspecified atom stereocenters. The summed E-state index contributed by atoms with van der Waals surface area (Å²) in [6.45, 7) is 9.56. The summed E-state index contributed by atoms with van der Waals surface area (Å²) >= 11 is 0. The normalized spacial score (nSPS) is 17.5. The van der Waals surface area contributed by atoms with Crippen LogP contribution in [0.5, 0.6) is 0 Å². The van der Waals surface area contributed by atoms with E-state index in [1.807, 2.05) is 11.6 Å². The third kappa shape index (κ3) is 2.12. The van der Waals surface area contributed by atoms with Crippen molar-refractivity contribution in [2.45, 2.75) is 26.8 Å². The molecule has 0 spiro atoms. The highest BCUT2D eigenvalue weighted by Gasteiger charge is 2.19. The fourth-order valence-electron chi connectivity index (χ4n) is 1.74. The maximum atomic E-state index is 5.33. The summed E-state index contributed by atoms with van der Waals surface area (Å²) in [5.41, 5.74) is 0. The first-order chi connectivity index (χ1) is 7.18. The average molecular weight is 210 g/mol. The van der Waals surface area contributed by atoms with E-state index in [4.69, 9.17) is 4.74 Å². The van der Waals surface area contributed by atoms with E-state index in [1.54, 1.807) is 0 Å². The van der Waals surface area contributed by atoms with Crippen LogP contribution in [-0.2, 0) is 4.74 Å². The van der Waals surface area contributed by atoms with Crippen molar-refractivity contribution in [2.24, 2.45) is 0 Å². The van der Waals surface area contributed by atoms with Gasteiger partial charge in [-0.3, -0.25) is 0 Å². The van der Waals surface area contributed by atoms with Gasteiger partial charge in [-0.1, -0.05) is 0 Å². The van der Waals surface area contributed by atoms with E-state index in [0.29, 0.717) is 6.04 Å². The predicted octanol–water partition coefficient (Wildman–Crippen LogP) is 1.00. The van der Waals surface area contributed by atoms with E-state index in [-0.39, 0.29) is 0 Å². The lowest BCUT2D eigenvalue weighted by molar-refractivity contribution is 0.121. The van der Waals surface area contributed by atoms with Gasteiger partial charge in [0.25, 0.3) is 0 Å². The van der Waals surface area contributed by atoms with Gasteiger partial charge in [0.2, 0.25) is 5.95 Å². The zero-order valence-electron chi connectivity index (χ0n) is 9.60. The lowest BCUT2D eigenvalue weighted by atomic mass is 10.4. The Kier molecular flexibility index (Phi) is 2.90. The summed E-state index contributed by atoms with van der Waals surface area (Å²) in [4.78, 5) is 6.72. The number of aryl methyl sites for hydroxylation is 1. The Morgan fingerprint density at radius 2 is 1.93 bits per heavy atom. The highest BCUT2D eigenvalue weighted by molar-refractivity contribution is 5.31. The van der Waals surface area contributed by atoms with Crippen LogP contribution < -0.4 is 4.90 Å². The Balaban J connectivity index is 2.25. The maximum absolute atomic E-state index is 5.33. The van der Waals surface area contributed by atoms with E-state index in [1.165, 1.54) is 0 Å². The van der Waals surface area contributed by atoms with Gasteiger partial charge in [-0.15, -0.1) is 0 Å². The topological polar surface area (TPSA) is 43.2 Å². The van der Waals surface area contributed by atoms with Crippen molar-refractivity contribution in [3.63, 3.8) is 0 Å². The number of rotatable bonds is 2. The van der Waals surface area contributed by atoms with Crippen LogP contribution in [0.25, 0.3) is 0 Å². The average Bonchev–Trinajstić information content (AvgIpc) is 2.62. The van der Waals surface area contributed by atoms with Gasteiger partial charge in [0.1, 0.15) is 5.82 Å². The molecule has 1 saturated heterocycles. The van der Waals surface area contributed by atoms with Crippen LogP contribution in [0.3, 0.4) is 0 Å². The molecular formula is C10H18N4O. The zero-order valence-corrected chi connectivity index (χ0v) is 9.60. The van der Waals surface area contributed by atoms with Crippen LogP contribution in [0.1, 0.15) is 25.7 Å². The second-order valence-corrected chi connectivity index (χ2v) is 4.10. The lowest BCUT2D eigenvalue weighted by Gasteiger charge is -2.28.